The number of benzene rings is 1. The predicted molar refractivity (Wildman–Crippen MR) is 60.1 cm³/mol. The van der Waals surface area contributed by atoms with Crippen molar-refractivity contribution < 1.29 is 13.9 Å². The molecule has 1 aromatic carbocycles. The van der Waals surface area contributed by atoms with Crippen LogP contribution in [-0.2, 0) is 0 Å². The number of ether oxygens (including phenoxy) is 1. The number of hydrogen-bond donors (Lipinski definition) is 1. The van der Waals surface area contributed by atoms with Crippen molar-refractivity contribution >= 4 is 5.78 Å². The summed E-state index contributed by atoms with van der Waals surface area (Å²) in [5, 5.41) is 0. The van der Waals surface area contributed by atoms with Crippen LogP contribution in [0.2, 0.25) is 0 Å². The van der Waals surface area contributed by atoms with E-state index in [0.29, 0.717) is 5.75 Å². The van der Waals surface area contributed by atoms with E-state index in [0.717, 1.165) is 6.07 Å². The Morgan fingerprint density at radius 2 is 2.06 bits per heavy atom. The molecule has 2 N–H and O–H groups in total. The molecule has 1 aromatic rings. The number of hydrogen-bond acceptors (Lipinski definition) is 3. The van der Waals surface area contributed by atoms with E-state index in [1.54, 1.807) is 0 Å². The first-order valence-electron chi connectivity index (χ1n) is 5.10. The van der Waals surface area contributed by atoms with E-state index in [-0.39, 0.29) is 17.3 Å². The fourth-order valence-corrected chi connectivity index (χ4v) is 1.36. The van der Waals surface area contributed by atoms with Crippen LogP contribution in [0.3, 0.4) is 0 Å². The lowest BCUT2D eigenvalue weighted by Gasteiger charge is -2.16. The van der Waals surface area contributed by atoms with E-state index in [4.69, 9.17) is 10.5 Å². The van der Waals surface area contributed by atoms with Crippen molar-refractivity contribution in [2.45, 2.75) is 19.9 Å². The van der Waals surface area contributed by atoms with Crippen LogP contribution in [0.4, 0.5) is 4.39 Å². The maximum atomic E-state index is 13.1. The smallest absolute Gasteiger partial charge is 0.183 e. The summed E-state index contributed by atoms with van der Waals surface area (Å²) in [5.41, 5.74) is 5.94. The minimum absolute atomic E-state index is 0.000438. The first-order chi connectivity index (χ1) is 7.47. The first-order valence-corrected chi connectivity index (χ1v) is 5.10. The van der Waals surface area contributed by atoms with Crippen LogP contribution in [0.1, 0.15) is 24.2 Å². The first kappa shape index (κ1) is 12.6. The minimum atomic E-state index is -0.643. The van der Waals surface area contributed by atoms with Crippen LogP contribution in [0.5, 0.6) is 5.75 Å². The molecule has 1 rings (SSSR count). The van der Waals surface area contributed by atoms with Crippen molar-refractivity contribution in [1.82, 2.24) is 0 Å². The van der Waals surface area contributed by atoms with Crippen molar-refractivity contribution in [2.24, 2.45) is 11.7 Å². The van der Waals surface area contributed by atoms with Gasteiger partial charge in [0.05, 0.1) is 18.7 Å². The largest absolute Gasteiger partial charge is 0.496 e. The van der Waals surface area contributed by atoms with Crippen LogP contribution in [0, 0.1) is 11.7 Å². The van der Waals surface area contributed by atoms with Crippen LogP contribution < -0.4 is 10.5 Å². The van der Waals surface area contributed by atoms with Gasteiger partial charge < -0.3 is 10.5 Å². The normalized spacial score (nSPS) is 12.6. The Hall–Kier alpha value is -1.42. The molecule has 0 fully saturated rings. The summed E-state index contributed by atoms with van der Waals surface area (Å²) in [7, 11) is 1.44. The minimum Gasteiger partial charge on any atom is -0.496 e. The quantitative estimate of drug-likeness (QED) is 0.797. The molecule has 0 heterocycles. The van der Waals surface area contributed by atoms with Crippen LogP contribution in [0.25, 0.3) is 0 Å². The molecule has 0 aromatic heterocycles. The molecule has 0 aliphatic heterocycles. The summed E-state index contributed by atoms with van der Waals surface area (Å²) in [6.07, 6.45) is 0. The van der Waals surface area contributed by atoms with Gasteiger partial charge in [-0.25, -0.2) is 4.39 Å². The maximum absolute atomic E-state index is 13.1. The summed E-state index contributed by atoms with van der Waals surface area (Å²) in [6.45, 7) is 3.68. The summed E-state index contributed by atoms with van der Waals surface area (Å²) in [6, 6.07) is 3.19. The molecule has 0 radical (unpaired) electrons. The fraction of sp³-hybridized carbons (Fsp3) is 0.417. The lowest BCUT2D eigenvalue weighted by molar-refractivity contribution is 0.0937. The maximum Gasteiger partial charge on any atom is 0.183 e. The van der Waals surface area contributed by atoms with Crippen molar-refractivity contribution in [1.29, 1.82) is 0 Å². The number of Topliss-reactive ketones (excluding diaryl/α,β-unsaturated/α-hetero) is 1. The van der Waals surface area contributed by atoms with Gasteiger partial charge in [-0.1, -0.05) is 13.8 Å². The molecular weight excluding hydrogens is 209 g/mol. The van der Waals surface area contributed by atoms with Crippen LogP contribution in [0.15, 0.2) is 18.2 Å². The third kappa shape index (κ3) is 2.58. The second-order valence-corrected chi connectivity index (χ2v) is 3.98. The van der Waals surface area contributed by atoms with Crippen LogP contribution >= 0.6 is 0 Å². The average molecular weight is 225 g/mol. The lowest BCUT2D eigenvalue weighted by atomic mass is 9.95. The Balaban J connectivity index is 3.11. The molecule has 0 amide bonds. The number of carbonyl (C=O) groups excluding carboxylic acids is 1. The van der Waals surface area contributed by atoms with E-state index < -0.39 is 11.9 Å². The molecule has 0 saturated carbocycles. The predicted octanol–water partition coefficient (Wildman–Crippen LogP) is 2.00. The highest BCUT2D eigenvalue weighted by molar-refractivity contribution is 6.02. The van der Waals surface area contributed by atoms with E-state index in [9.17, 15) is 9.18 Å². The van der Waals surface area contributed by atoms with Crippen molar-refractivity contribution in [3.63, 3.8) is 0 Å². The Bertz CT molecular complexity index is 391. The molecule has 3 nitrogen and oxygen atoms in total. The Labute approximate surface area is 94.4 Å². The molecule has 1 unspecified atom stereocenters. The number of carbonyl (C=O) groups is 1. The zero-order chi connectivity index (χ0) is 12.3. The second-order valence-electron chi connectivity index (χ2n) is 3.98. The fourth-order valence-electron chi connectivity index (χ4n) is 1.36. The Morgan fingerprint density at radius 3 is 2.56 bits per heavy atom. The summed E-state index contributed by atoms with van der Waals surface area (Å²) in [5.74, 6) is -0.422. The van der Waals surface area contributed by atoms with Gasteiger partial charge in [-0.3, -0.25) is 4.79 Å². The average Bonchev–Trinajstić information content (AvgIpc) is 2.26. The van der Waals surface area contributed by atoms with Crippen molar-refractivity contribution in [2.75, 3.05) is 7.11 Å². The molecule has 88 valence electrons. The van der Waals surface area contributed by atoms with Gasteiger partial charge in [-0.15, -0.1) is 0 Å². The number of methoxy groups -OCH3 is 1. The van der Waals surface area contributed by atoms with Gasteiger partial charge in [0.15, 0.2) is 5.78 Å². The second kappa shape index (κ2) is 5.07. The molecule has 0 bridgehead atoms. The van der Waals surface area contributed by atoms with Gasteiger partial charge in [0.25, 0.3) is 0 Å². The van der Waals surface area contributed by atoms with Gasteiger partial charge in [0.1, 0.15) is 11.6 Å². The van der Waals surface area contributed by atoms with Gasteiger partial charge >= 0.3 is 0 Å². The molecule has 0 saturated heterocycles. The molecular formula is C12H16FNO2. The molecule has 16 heavy (non-hydrogen) atoms. The van der Waals surface area contributed by atoms with E-state index in [1.165, 1.54) is 19.2 Å². The standard InChI is InChI=1S/C12H16FNO2/c1-7(2)11(14)12(15)9-6-8(13)4-5-10(9)16-3/h4-7,11H,14H2,1-3H3. The van der Waals surface area contributed by atoms with E-state index in [2.05, 4.69) is 0 Å². The van der Waals surface area contributed by atoms with Crippen molar-refractivity contribution in [3.05, 3.63) is 29.6 Å². The zero-order valence-corrected chi connectivity index (χ0v) is 9.66. The Morgan fingerprint density at radius 1 is 1.44 bits per heavy atom. The van der Waals surface area contributed by atoms with Gasteiger partial charge in [-0.2, -0.15) is 0 Å². The third-order valence-corrected chi connectivity index (χ3v) is 2.45. The third-order valence-electron chi connectivity index (χ3n) is 2.45. The van der Waals surface area contributed by atoms with Crippen LogP contribution in [-0.4, -0.2) is 18.9 Å². The number of nitrogens with two attached hydrogens (primary N) is 1. The highest BCUT2D eigenvalue weighted by Crippen LogP contribution is 2.21. The zero-order valence-electron chi connectivity index (χ0n) is 9.66. The lowest BCUT2D eigenvalue weighted by Crippen LogP contribution is -2.35. The van der Waals surface area contributed by atoms with E-state index in [1.807, 2.05) is 13.8 Å². The summed E-state index contributed by atoms with van der Waals surface area (Å²) >= 11 is 0. The monoisotopic (exact) mass is 225 g/mol. The molecule has 4 heteroatoms. The van der Waals surface area contributed by atoms with Gasteiger partial charge in [0, 0.05) is 0 Å². The van der Waals surface area contributed by atoms with Gasteiger partial charge in [-0.05, 0) is 24.1 Å². The molecule has 0 aliphatic carbocycles. The highest BCUT2D eigenvalue weighted by Gasteiger charge is 2.22. The molecule has 0 spiro atoms. The highest BCUT2D eigenvalue weighted by atomic mass is 19.1. The number of rotatable bonds is 4. The topological polar surface area (TPSA) is 52.3 Å². The van der Waals surface area contributed by atoms with E-state index >= 15 is 0 Å². The molecule has 1 atom stereocenters. The molecule has 0 aliphatic rings. The van der Waals surface area contributed by atoms with Gasteiger partial charge in [0.2, 0.25) is 0 Å². The number of ketones is 1. The number of halogens is 1. The van der Waals surface area contributed by atoms with Crippen molar-refractivity contribution in [3.8, 4) is 5.75 Å². The summed E-state index contributed by atoms with van der Waals surface area (Å²) in [4.78, 5) is 11.9. The SMILES string of the molecule is COc1ccc(F)cc1C(=O)C(N)C(C)C. The Kier molecular flexibility index (Phi) is 4.01. The summed E-state index contributed by atoms with van der Waals surface area (Å²) < 4.78 is 18.1.